The third kappa shape index (κ3) is 20.9. The minimum absolute atomic E-state index is 0.0961. The smallest absolute Gasteiger partial charge is 0.407 e. The minimum atomic E-state index is -0.354. The van der Waals surface area contributed by atoms with Crippen molar-refractivity contribution in [2.24, 2.45) is 0 Å². The molecule has 1 amide bonds. The van der Waals surface area contributed by atoms with Gasteiger partial charge in [-0.2, -0.15) is 0 Å². The number of rotatable bonds is 19. The van der Waals surface area contributed by atoms with Crippen LogP contribution in [0.15, 0.2) is 0 Å². The average Bonchev–Trinajstić information content (AvgIpc) is 2.67. The Kier molecular flexibility index (Phi) is 20.1. The van der Waals surface area contributed by atoms with E-state index in [1.54, 1.807) is 0 Å². The van der Waals surface area contributed by atoms with Gasteiger partial charge in [-0.1, -0.05) is 78.1 Å². The third-order valence-corrected chi connectivity index (χ3v) is 4.53. The van der Waals surface area contributed by atoms with Crippen molar-refractivity contribution in [2.45, 2.75) is 110 Å². The summed E-state index contributed by atoms with van der Waals surface area (Å²) >= 11 is 0. The molecule has 0 bridgehead atoms. The summed E-state index contributed by atoms with van der Waals surface area (Å²) in [6.07, 6.45) is 16.4. The number of carbonyl (C=O) groups is 2. The normalized spacial score (nSPS) is 10.6. The van der Waals surface area contributed by atoms with Gasteiger partial charge in [0.2, 0.25) is 0 Å². The molecule has 5 nitrogen and oxygen atoms in total. The summed E-state index contributed by atoms with van der Waals surface area (Å²) in [5, 5.41) is 2.70. The molecule has 5 heteroatoms. The van der Waals surface area contributed by atoms with E-state index in [-0.39, 0.29) is 12.1 Å². The van der Waals surface area contributed by atoms with Gasteiger partial charge in [0, 0.05) is 13.0 Å². The molecule has 0 aromatic rings. The first-order valence-electron chi connectivity index (χ1n) is 11.3. The molecule has 0 unspecified atom stereocenters. The van der Waals surface area contributed by atoms with Crippen molar-refractivity contribution in [3.05, 3.63) is 0 Å². The first-order valence-corrected chi connectivity index (χ1v) is 11.3. The van der Waals surface area contributed by atoms with Crippen LogP contribution in [0.2, 0.25) is 0 Å². The molecular formula is C22H43NO4. The molecule has 0 aromatic heterocycles. The maximum atomic E-state index is 11.7. The van der Waals surface area contributed by atoms with Gasteiger partial charge in [0.05, 0.1) is 13.2 Å². The summed E-state index contributed by atoms with van der Waals surface area (Å²) in [6.45, 7) is 5.82. The molecule has 0 saturated carbocycles. The van der Waals surface area contributed by atoms with E-state index in [0.717, 1.165) is 38.5 Å². The molecule has 0 aliphatic heterocycles. The zero-order valence-electron chi connectivity index (χ0n) is 17.9. The fourth-order valence-corrected chi connectivity index (χ4v) is 2.86. The lowest BCUT2D eigenvalue weighted by Crippen LogP contribution is -2.25. The number of hydrogen-bond donors (Lipinski definition) is 1. The van der Waals surface area contributed by atoms with Crippen LogP contribution in [0.4, 0.5) is 4.79 Å². The highest BCUT2D eigenvalue weighted by molar-refractivity contribution is 5.69. The first kappa shape index (κ1) is 25.7. The molecule has 27 heavy (non-hydrogen) atoms. The Hall–Kier alpha value is -1.26. The van der Waals surface area contributed by atoms with Gasteiger partial charge < -0.3 is 14.8 Å². The SMILES string of the molecule is CCCCCCCCCCCCOC(=O)CCCCCNC(=O)OCCC. The van der Waals surface area contributed by atoms with Crippen LogP contribution in [-0.4, -0.2) is 31.8 Å². The maximum Gasteiger partial charge on any atom is 0.407 e. The molecule has 0 atom stereocenters. The lowest BCUT2D eigenvalue weighted by Gasteiger charge is -2.06. The quantitative estimate of drug-likeness (QED) is 0.214. The summed E-state index contributed by atoms with van der Waals surface area (Å²) in [4.78, 5) is 22.9. The highest BCUT2D eigenvalue weighted by Gasteiger charge is 2.03. The van der Waals surface area contributed by atoms with Crippen LogP contribution in [0.25, 0.3) is 0 Å². The van der Waals surface area contributed by atoms with Crippen LogP contribution in [0.1, 0.15) is 110 Å². The fourth-order valence-electron chi connectivity index (χ4n) is 2.86. The van der Waals surface area contributed by atoms with Crippen LogP contribution in [0.3, 0.4) is 0 Å². The van der Waals surface area contributed by atoms with Crippen LogP contribution in [-0.2, 0) is 14.3 Å². The Morgan fingerprint density at radius 3 is 1.85 bits per heavy atom. The van der Waals surface area contributed by atoms with Crippen molar-refractivity contribution in [1.29, 1.82) is 0 Å². The van der Waals surface area contributed by atoms with E-state index >= 15 is 0 Å². The summed E-state index contributed by atoms with van der Waals surface area (Å²) in [5.74, 6) is -0.0961. The predicted molar refractivity (Wildman–Crippen MR) is 111 cm³/mol. The van der Waals surface area contributed by atoms with Crippen molar-refractivity contribution < 1.29 is 19.1 Å². The molecule has 0 saturated heterocycles. The molecule has 0 aliphatic rings. The van der Waals surface area contributed by atoms with Crippen molar-refractivity contribution in [3.8, 4) is 0 Å². The second-order valence-corrected chi connectivity index (χ2v) is 7.28. The van der Waals surface area contributed by atoms with Gasteiger partial charge in [-0.25, -0.2) is 4.79 Å². The zero-order chi connectivity index (χ0) is 20.0. The monoisotopic (exact) mass is 385 g/mol. The first-order chi connectivity index (χ1) is 13.2. The van der Waals surface area contributed by atoms with E-state index in [1.807, 2.05) is 6.92 Å². The van der Waals surface area contributed by atoms with E-state index < -0.39 is 0 Å². The van der Waals surface area contributed by atoms with Crippen molar-refractivity contribution in [2.75, 3.05) is 19.8 Å². The summed E-state index contributed by atoms with van der Waals surface area (Å²) in [5.41, 5.74) is 0. The van der Waals surface area contributed by atoms with Gasteiger partial charge in [0.1, 0.15) is 0 Å². The summed E-state index contributed by atoms with van der Waals surface area (Å²) in [6, 6.07) is 0. The van der Waals surface area contributed by atoms with E-state index in [2.05, 4.69) is 12.2 Å². The van der Waals surface area contributed by atoms with Gasteiger partial charge in [-0.15, -0.1) is 0 Å². The Morgan fingerprint density at radius 2 is 1.22 bits per heavy atom. The van der Waals surface area contributed by atoms with Gasteiger partial charge in [-0.05, 0) is 25.7 Å². The molecule has 0 heterocycles. The fraction of sp³-hybridized carbons (Fsp3) is 0.909. The Bertz CT molecular complexity index is 347. The molecule has 160 valence electrons. The molecule has 0 spiro atoms. The van der Waals surface area contributed by atoms with E-state index in [9.17, 15) is 9.59 Å². The second-order valence-electron chi connectivity index (χ2n) is 7.28. The lowest BCUT2D eigenvalue weighted by atomic mass is 10.1. The van der Waals surface area contributed by atoms with Gasteiger partial charge in [0.25, 0.3) is 0 Å². The Labute approximate surface area is 167 Å². The van der Waals surface area contributed by atoms with Crippen LogP contribution in [0.5, 0.6) is 0 Å². The summed E-state index contributed by atoms with van der Waals surface area (Å²) < 4.78 is 10.2. The molecule has 1 N–H and O–H groups in total. The van der Waals surface area contributed by atoms with E-state index in [4.69, 9.17) is 9.47 Å². The summed E-state index contributed by atoms with van der Waals surface area (Å²) in [7, 11) is 0. The molecule has 0 aliphatic carbocycles. The number of alkyl carbamates (subject to hydrolysis) is 1. The molecule has 0 radical (unpaired) electrons. The third-order valence-electron chi connectivity index (χ3n) is 4.53. The zero-order valence-corrected chi connectivity index (χ0v) is 17.9. The van der Waals surface area contributed by atoms with Crippen molar-refractivity contribution in [3.63, 3.8) is 0 Å². The number of hydrogen-bond acceptors (Lipinski definition) is 4. The second kappa shape index (κ2) is 21.0. The standard InChI is InChI=1S/C22H43NO4/c1-3-5-6-7-8-9-10-11-12-16-20-26-21(24)17-14-13-15-18-23-22(25)27-19-4-2/h3-20H2,1-2H3,(H,23,25). The Balaban J connectivity index is 3.23. The lowest BCUT2D eigenvalue weighted by molar-refractivity contribution is -0.143. The molecular weight excluding hydrogens is 342 g/mol. The predicted octanol–water partition coefficient (Wildman–Crippen LogP) is 6.15. The van der Waals surface area contributed by atoms with Crippen LogP contribution >= 0.6 is 0 Å². The number of carbonyl (C=O) groups excluding carboxylic acids is 2. The van der Waals surface area contributed by atoms with E-state index in [1.165, 1.54) is 51.4 Å². The minimum Gasteiger partial charge on any atom is -0.466 e. The van der Waals surface area contributed by atoms with E-state index in [0.29, 0.717) is 26.2 Å². The number of nitrogens with one attached hydrogen (secondary N) is 1. The average molecular weight is 386 g/mol. The number of unbranched alkanes of at least 4 members (excludes halogenated alkanes) is 11. The Morgan fingerprint density at radius 1 is 0.630 bits per heavy atom. The molecule has 0 aromatic carbocycles. The van der Waals surface area contributed by atoms with Crippen molar-refractivity contribution in [1.82, 2.24) is 5.32 Å². The maximum absolute atomic E-state index is 11.7. The van der Waals surface area contributed by atoms with Gasteiger partial charge in [-0.3, -0.25) is 4.79 Å². The molecule has 0 rings (SSSR count). The number of amides is 1. The van der Waals surface area contributed by atoms with Crippen molar-refractivity contribution >= 4 is 12.1 Å². The highest BCUT2D eigenvalue weighted by Crippen LogP contribution is 2.10. The largest absolute Gasteiger partial charge is 0.466 e. The number of ether oxygens (including phenoxy) is 2. The van der Waals surface area contributed by atoms with Gasteiger partial charge in [0.15, 0.2) is 0 Å². The topological polar surface area (TPSA) is 64.6 Å². The number of esters is 1. The van der Waals surface area contributed by atoms with Crippen LogP contribution in [0, 0.1) is 0 Å². The molecule has 0 fully saturated rings. The van der Waals surface area contributed by atoms with Crippen LogP contribution < -0.4 is 5.32 Å². The highest BCUT2D eigenvalue weighted by atomic mass is 16.5. The van der Waals surface area contributed by atoms with Gasteiger partial charge >= 0.3 is 12.1 Å².